The molecule has 0 radical (unpaired) electrons. The van der Waals surface area contributed by atoms with Crippen LogP contribution in [-0.2, 0) is 22.4 Å². The molecule has 0 saturated heterocycles. The lowest BCUT2D eigenvalue weighted by atomic mass is 9.72. The quantitative estimate of drug-likeness (QED) is 0.292. The van der Waals surface area contributed by atoms with Crippen molar-refractivity contribution in [1.82, 2.24) is 5.32 Å². The Bertz CT molecular complexity index is 1180. The molecule has 1 aliphatic carbocycles. The van der Waals surface area contributed by atoms with Gasteiger partial charge in [0.2, 0.25) is 0 Å². The average Bonchev–Trinajstić information content (AvgIpc) is 3.13. The fourth-order valence-corrected chi connectivity index (χ4v) is 5.51. The number of thiophene rings is 1. The first kappa shape index (κ1) is 27.5. The maximum atomic E-state index is 14.6. The molecule has 0 spiro atoms. The average molecular weight is 526 g/mol. The third kappa shape index (κ3) is 5.33. The number of hydrogen-bond donors (Lipinski definition) is 2. The number of amides is 1. The van der Waals surface area contributed by atoms with Gasteiger partial charge in [0.1, 0.15) is 16.9 Å². The summed E-state index contributed by atoms with van der Waals surface area (Å²) in [6.45, 7) is 7.20. The van der Waals surface area contributed by atoms with Crippen molar-refractivity contribution in [3.05, 3.63) is 51.7 Å². The number of nitrogens with zero attached hydrogens (tertiary/aromatic N) is 1. The smallest absolute Gasteiger partial charge is 0.441 e. The first-order valence-corrected chi connectivity index (χ1v) is 12.2. The molecule has 194 valence electrons. The van der Waals surface area contributed by atoms with Gasteiger partial charge in [0, 0.05) is 10.4 Å². The molecule has 1 aliphatic rings. The Balaban J connectivity index is 2.08. The van der Waals surface area contributed by atoms with E-state index in [1.807, 2.05) is 6.07 Å². The highest BCUT2D eigenvalue weighted by molar-refractivity contribution is 7.16. The van der Waals surface area contributed by atoms with E-state index in [2.05, 4.69) is 26.1 Å². The van der Waals surface area contributed by atoms with Crippen LogP contribution in [0.25, 0.3) is 0 Å². The van der Waals surface area contributed by atoms with Gasteiger partial charge < -0.3 is 15.4 Å². The van der Waals surface area contributed by atoms with Gasteiger partial charge in [-0.25, -0.2) is 9.18 Å². The number of nitriles is 1. The maximum absolute atomic E-state index is 14.6. The van der Waals surface area contributed by atoms with Crippen molar-refractivity contribution >= 4 is 28.2 Å². The summed E-state index contributed by atoms with van der Waals surface area (Å²) in [6.07, 6.45) is -3.50. The highest BCUT2D eigenvalue weighted by Gasteiger charge is 2.64. The number of esters is 1. The number of carbonyl (C=O) groups is 2. The lowest BCUT2D eigenvalue weighted by Gasteiger charge is -2.35. The lowest BCUT2D eigenvalue weighted by molar-refractivity contribution is -0.204. The molecule has 3 rings (SSSR count). The number of ether oxygens (including phenoxy) is 1. The lowest BCUT2D eigenvalue weighted by Crippen LogP contribution is -2.69. The molecule has 2 unspecified atom stereocenters. The summed E-state index contributed by atoms with van der Waals surface area (Å²) in [5, 5.41) is 13.5. The molecule has 1 aromatic heterocycles. The van der Waals surface area contributed by atoms with E-state index in [4.69, 9.17) is 4.74 Å². The SMILES string of the molecule is CCOC(=O)C(NC(=O)c1ccc(F)cc1)(Nc1sc2c(c1C#N)CCC(C(C)(C)C)C2)C(F)(F)F. The molecule has 1 heterocycles. The third-order valence-electron chi connectivity index (χ3n) is 6.32. The molecule has 2 aromatic rings. The number of alkyl halides is 3. The van der Waals surface area contributed by atoms with Crippen LogP contribution < -0.4 is 10.6 Å². The topological polar surface area (TPSA) is 91.2 Å². The van der Waals surface area contributed by atoms with Crippen molar-refractivity contribution in [2.75, 3.05) is 11.9 Å². The fourth-order valence-electron chi connectivity index (χ4n) is 4.18. The summed E-state index contributed by atoms with van der Waals surface area (Å²) < 4.78 is 61.8. The van der Waals surface area contributed by atoms with Gasteiger partial charge in [-0.2, -0.15) is 18.4 Å². The van der Waals surface area contributed by atoms with E-state index in [0.29, 0.717) is 18.4 Å². The van der Waals surface area contributed by atoms with Gasteiger partial charge in [-0.05, 0) is 67.3 Å². The molecular weight excluding hydrogens is 498 g/mol. The molecular formula is C25H27F4N3O3S. The normalized spacial score (nSPS) is 17.4. The van der Waals surface area contributed by atoms with E-state index in [0.717, 1.165) is 46.9 Å². The molecule has 11 heteroatoms. The summed E-state index contributed by atoms with van der Waals surface area (Å²) in [5.41, 5.74) is -3.36. The van der Waals surface area contributed by atoms with E-state index in [-0.39, 0.29) is 34.1 Å². The predicted molar refractivity (Wildman–Crippen MR) is 127 cm³/mol. The van der Waals surface area contributed by atoms with Crippen LogP contribution in [0.15, 0.2) is 24.3 Å². The van der Waals surface area contributed by atoms with Crippen molar-refractivity contribution in [1.29, 1.82) is 5.26 Å². The van der Waals surface area contributed by atoms with Crippen molar-refractivity contribution in [3.8, 4) is 6.07 Å². The number of carbonyl (C=O) groups excluding carboxylic acids is 2. The van der Waals surface area contributed by atoms with Gasteiger partial charge in [0.15, 0.2) is 0 Å². The van der Waals surface area contributed by atoms with E-state index >= 15 is 0 Å². The van der Waals surface area contributed by atoms with Gasteiger partial charge in [0.25, 0.3) is 5.91 Å². The van der Waals surface area contributed by atoms with Gasteiger partial charge in [-0.1, -0.05) is 20.8 Å². The number of rotatable bonds is 6. The zero-order valence-corrected chi connectivity index (χ0v) is 21.1. The van der Waals surface area contributed by atoms with Gasteiger partial charge in [-0.15, -0.1) is 11.3 Å². The number of hydrogen-bond acceptors (Lipinski definition) is 6. The Morgan fingerprint density at radius 2 is 1.83 bits per heavy atom. The van der Waals surface area contributed by atoms with Gasteiger partial charge in [-0.3, -0.25) is 4.79 Å². The Morgan fingerprint density at radius 3 is 2.36 bits per heavy atom. The van der Waals surface area contributed by atoms with Crippen LogP contribution in [0.3, 0.4) is 0 Å². The number of fused-ring (bicyclic) bond motifs is 1. The molecule has 0 saturated carbocycles. The Hall–Kier alpha value is -3.13. The van der Waals surface area contributed by atoms with Gasteiger partial charge in [0.05, 0.1) is 12.2 Å². The number of benzene rings is 1. The third-order valence-corrected chi connectivity index (χ3v) is 7.49. The van der Waals surface area contributed by atoms with E-state index in [1.165, 1.54) is 6.92 Å². The summed E-state index contributed by atoms with van der Waals surface area (Å²) in [7, 11) is 0. The van der Waals surface area contributed by atoms with Crippen molar-refractivity contribution in [2.45, 2.75) is 58.8 Å². The summed E-state index contributed by atoms with van der Waals surface area (Å²) in [4.78, 5) is 26.4. The molecule has 0 bridgehead atoms. The van der Waals surface area contributed by atoms with Crippen molar-refractivity contribution < 1.29 is 31.9 Å². The summed E-state index contributed by atoms with van der Waals surface area (Å²) in [5.74, 6) is -3.48. The first-order chi connectivity index (χ1) is 16.7. The molecule has 6 nitrogen and oxygen atoms in total. The molecule has 0 aliphatic heterocycles. The number of halogens is 4. The second kappa shape index (κ2) is 10.1. The Labute approximate surface area is 210 Å². The standard InChI is InChI=1S/C25H27F4N3O3S/c1-5-35-22(34)24(25(27,28)29,31-20(33)14-6-9-16(26)10-7-14)32-21-18(13-30)17-11-8-15(23(2,3)4)12-19(17)36-21/h6-7,9-10,15,32H,5,8,11-12H2,1-4H3,(H,31,33). The fraction of sp³-hybridized carbons (Fsp3) is 0.480. The summed E-state index contributed by atoms with van der Waals surface area (Å²) in [6, 6.07) is 5.78. The molecule has 2 atom stereocenters. The summed E-state index contributed by atoms with van der Waals surface area (Å²) >= 11 is 0.967. The largest absolute Gasteiger partial charge is 0.463 e. The Kier molecular flexibility index (Phi) is 7.69. The predicted octanol–water partition coefficient (Wildman–Crippen LogP) is 5.57. The molecule has 36 heavy (non-hydrogen) atoms. The first-order valence-electron chi connectivity index (χ1n) is 11.4. The molecule has 1 amide bonds. The highest BCUT2D eigenvalue weighted by Crippen LogP contribution is 2.45. The number of anilines is 1. The van der Waals surface area contributed by atoms with Crippen molar-refractivity contribution in [3.63, 3.8) is 0 Å². The maximum Gasteiger partial charge on any atom is 0.441 e. The minimum atomic E-state index is -5.36. The minimum Gasteiger partial charge on any atom is -0.463 e. The van der Waals surface area contributed by atoms with Crippen LogP contribution in [0.2, 0.25) is 0 Å². The van der Waals surface area contributed by atoms with E-state index in [9.17, 15) is 32.4 Å². The second-order valence-corrected chi connectivity index (χ2v) is 10.8. The molecule has 1 aromatic carbocycles. The molecule has 2 N–H and O–H groups in total. The zero-order chi connectivity index (χ0) is 26.9. The highest BCUT2D eigenvalue weighted by atomic mass is 32.1. The van der Waals surface area contributed by atoms with Crippen molar-refractivity contribution in [2.24, 2.45) is 11.3 Å². The second-order valence-electron chi connectivity index (χ2n) is 9.68. The van der Waals surface area contributed by atoms with E-state index in [1.54, 1.807) is 5.32 Å². The molecule has 0 fully saturated rings. The van der Waals surface area contributed by atoms with Crippen LogP contribution >= 0.6 is 11.3 Å². The Morgan fingerprint density at radius 1 is 1.19 bits per heavy atom. The van der Waals surface area contributed by atoms with Crippen LogP contribution in [0.5, 0.6) is 0 Å². The zero-order valence-electron chi connectivity index (χ0n) is 20.3. The van der Waals surface area contributed by atoms with Crippen LogP contribution in [0.4, 0.5) is 22.6 Å². The number of nitrogens with one attached hydrogen (secondary N) is 2. The van der Waals surface area contributed by atoms with E-state index < -0.39 is 29.5 Å². The van der Waals surface area contributed by atoms with Crippen LogP contribution in [0, 0.1) is 28.5 Å². The van der Waals surface area contributed by atoms with Crippen LogP contribution in [-0.4, -0.2) is 30.3 Å². The van der Waals surface area contributed by atoms with Crippen LogP contribution in [0.1, 0.15) is 60.5 Å². The minimum absolute atomic E-state index is 0.0105. The monoisotopic (exact) mass is 525 g/mol. The van der Waals surface area contributed by atoms with Gasteiger partial charge >= 0.3 is 17.8 Å².